The number of methoxy groups -OCH3 is 1. The lowest BCUT2D eigenvalue weighted by Gasteiger charge is -2.15. The van der Waals surface area contributed by atoms with Crippen molar-refractivity contribution < 1.29 is 18.7 Å². The van der Waals surface area contributed by atoms with Crippen LogP contribution in [-0.4, -0.2) is 31.9 Å². The van der Waals surface area contributed by atoms with Crippen molar-refractivity contribution in [1.82, 2.24) is 0 Å². The maximum atomic E-state index is 14.6. The lowest BCUT2D eigenvalue weighted by molar-refractivity contribution is -0.115. The Balaban J connectivity index is 1.85. The van der Waals surface area contributed by atoms with Gasteiger partial charge in [0.05, 0.1) is 41.7 Å². The number of nitrogens with one attached hydrogen (secondary N) is 1. The summed E-state index contributed by atoms with van der Waals surface area (Å²) >= 11 is 0. The molecule has 6 nitrogen and oxygen atoms in total. The third kappa shape index (κ3) is 4.51. The molecule has 0 spiro atoms. The van der Waals surface area contributed by atoms with Crippen LogP contribution in [0.5, 0.6) is 5.75 Å². The van der Waals surface area contributed by atoms with Crippen molar-refractivity contribution in [3.05, 3.63) is 77.6 Å². The molecule has 7 heteroatoms. The molecular weight excluding hydrogens is 409 g/mol. The maximum absolute atomic E-state index is 14.6. The van der Waals surface area contributed by atoms with E-state index in [2.05, 4.69) is 11.4 Å². The predicted octanol–water partition coefficient (Wildman–Crippen LogP) is 4.85. The van der Waals surface area contributed by atoms with Gasteiger partial charge in [0.2, 0.25) is 5.91 Å². The van der Waals surface area contributed by atoms with Crippen molar-refractivity contribution in [2.45, 2.75) is 6.42 Å². The number of amides is 1. The van der Waals surface area contributed by atoms with E-state index in [1.807, 2.05) is 6.07 Å². The van der Waals surface area contributed by atoms with E-state index in [1.54, 1.807) is 55.6 Å². The first-order valence-electron chi connectivity index (χ1n) is 10.0. The fraction of sp³-hybridized carbons (Fsp3) is 0.160. The molecule has 1 aliphatic rings. The molecule has 1 N–H and O–H groups in total. The Hall–Kier alpha value is -4.02. The lowest BCUT2D eigenvalue weighted by atomic mass is 10.0. The predicted molar refractivity (Wildman–Crippen MR) is 120 cm³/mol. The van der Waals surface area contributed by atoms with E-state index in [-0.39, 0.29) is 18.9 Å². The zero-order valence-electron chi connectivity index (χ0n) is 17.4. The van der Waals surface area contributed by atoms with Gasteiger partial charge in [-0.15, -0.1) is 0 Å². The lowest BCUT2D eigenvalue weighted by Crippen LogP contribution is -2.15. The van der Waals surface area contributed by atoms with Gasteiger partial charge in [-0.2, -0.15) is 5.26 Å². The zero-order chi connectivity index (χ0) is 22.5. The molecule has 3 aromatic rings. The van der Waals surface area contributed by atoms with Crippen LogP contribution in [0.2, 0.25) is 0 Å². The summed E-state index contributed by atoms with van der Waals surface area (Å²) in [6.45, 7) is 0.629. The van der Waals surface area contributed by atoms with Gasteiger partial charge in [0.1, 0.15) is 18.2 Å². The summed E-state index contributed by atoms with van der Waals surface area (Å²) in [6, 6.07) is 18.8. The number of hydrogen-bond acceptors (Lipinski definition) is 5. The summed E-state index contributed by atoms with van der Waals surface area (Å²) in [6.07, 6.45) is 0.0401. The molecule has 0 atom stereocenters. The first-order chi connectivity index (χ1) is 15.6. The van der Waals surface area contributed by atoms with E-state index in [0.29, 0.717) is 51.7 Å². The van der Waals surface area contributed by atoms with Crippen molar-refractivity contribution in [3.8, 4) is 22.9 Å². The Morgan fingerprint density at radius 1 is 1.09 bits per heavy atom. The van der Waals surface area contributed by atoms with Gasteiger partial charge in [0, 0.05) is 24.3 Å². The summed E-state index contributed by atoms with van der Waals surface area (Å²) in [5, 5.41) is 12.1. The smallest absolute Gasteiger partial charge is 0.230 e. The van der Waals surface area contributed by atoms with Crippen molar-refractivity contribution in [2.24, 2.45) is 4.99 Å². The third-order valence-corrected chi connectivity index (χ3v) is 4.99. The number of rotatable bonds is 6. The van der Waals surface area contributed by atoms with Crippen LogP contribution in [0.4, 0.5) is 15.8 Å². The van der Waals surface area contributed by atoms with E-state index in [4.69, 9.17) is 14.5 Å². The summed E-state index contributed by atoms with van der Waals surface area (Å²) in [4.78, 5) is 17.3. The molecule has 3 aromatic carbocycles. The number of hydrogen-bond donors (Lipinski definition) is 1. The highest BCUT2D eigenvalue weighted by Crippen LogP contribution is 2.41. The fourth-order valence-electron chi connectivity index (χ4n) is 3.47. The van der Waals surface area contributed by atoms with Gasteiger partial charge in [-0.05, 0) is 29.8 Å². The molecule has 160 valence electrons. The number of nitriles is 1. The monoisotopic (exact) mass is 429 g/mol. The molecule has 0 unspecified atom stereocenters. The topological polar surface area (TPSA) is 83.7 Å². The van der Waals surface area contributed by atoms with Gasteiger partial charge < -0.3 is 14.8 Å². The number of halogens is 1. The normalized spacial score (nSPS) is 12.8. The number of anilines is 1. The second kappa shape index (κ2) is 9.41. The molecule has 32 heavy (non-hydrogen) atoms. The Labute approximate surface area is 184 Å². The summed E-state index contributed by atoms with van der Waals surface area (Å²) in [5.74, 6) is -0.227. The molecule has 1 amide bonds. The summed E-state index contributed by atoms with van der Waals surface area (Å²) < 4.78 is 25.5. The van der Waals surface area contributed by atoms with E-state index in [9.17, 15) is 14.4 Å². The average molecular weight is 429 g/mol. The van der Waals surface area contributed by atoms with Crippen LogP contribution in [0.3, 0.4) is 0 Å². The van der Waals surface area contributed by atoms with Gasteiger partial charge in [-0.1, -0.05) is 30.3 Å². The molecule has 0 fully saturated rings. The van der Waals surface area contributed by atoms with Crippen LogP contribution in [0.25, 0.3) is 11.1 Å². The van der Waals surface area contributed by atoms with Crippen molar-refractivity contribution in [2.75, 3.05) is 25.6 Å². The van der Waals surface area contributed by atoms with Crippen molar-refractivity contribution in [3.63, 3.8) is 0 Å². The van der Waals surface area contributed by atoms with Gasteiger partial charge >= 0.3 is 0 Å². The van der Waals surface area contributed by atoms with Crippen LogP contribution >= 0.6 is 0 Å². The van der Waals surface area contributed by atoms with Gasteiger partial charge in [0.15, 0.2) is 0 Å². The first-order valence-corrected chi connectivity index (χ1v) is 10.0. The number of carbonyl (C=O) groups excluding carboxylic acids is 1. The molecule has 0 saturated heterocycles. The van der Waals surface area contributed by atoms with Crippen LogP contribution in [0.1, 0.15) is 17.5 Å². The number of benzene rings is 3. The Kier molecular flexibility index (Phi) is 6.24. The fourth-order valence-corrected chi connectivity index (χ4v) is 3.47. The van der Waals surface area contributed by atoms with E-state index in [0.717, 1.165) is 0 Å². The van der Waals surface area contributed by atoms with E-state index < -0.39 is 5.82 Å². The average Bonchev–Trinajstić information content (AvgIpc) is 2.97. The van der Waals surface area contributed by atoms with Gasteiger partial charge in [-0.25, -0.2) is 9.38 Å². The molecule has 0 aromatic heterocycles. The Morgan fingerprint density at radius 2 is 1.94 bits per heavy atom. The van der Waals surface area contributed by atoms with E-state index >= 15 is 0 Å². The number of carbonyl (C=O) groups is 1. The number of ether oxygens (including phenoxy) is 2. The molecule has 0 aliphatic carbocycles. The molecule has 0 bridgehead atoms. The summed E-state index contributed by atoms with van der Waals surface area (Å²) in [7, 11) is 1.57. The molecule has 0 saturated carbocycles. The Bertz CT molecular complexity index is 1250. The molecule has 1 heterocycles. The number of aliphatic imine (C=N–C) groups is 1. The largest absolute Gasteiger partial charge is 0.490 e. The molecule has 1 aliphatic heterocycles. The van der Waals surface area contributed by atoms with Crippen LogP contribution in [0.15, 0.2) is 65.7 Å². The zero-order valence-corrected chi connectivity index (χ0v) is 17.4. The highest BCUT2D eigenvalue weighted by Gasteiger charge is 2.21. The summed E-state index contributed by atoms with van der Waals surface area (Å²) in [5.41, 5.74) is 3.50. The minimum absolute atomic E-state index is 0.0401. The van der Waals surface area contributed by atoms with Crippen molar-refractivity contribution in [1.29, 1.82) is 5.26 Å². The standard InChI is InChI=1S/C25H20FN3O3/c1-31-9-10-32-24-13-23-22(12-19(24)18-7-2-3-8-20(18)26)29-25(30)14-21(28-23)17-6-4-5-16(11-17)15-27/h2-8,11-13H,9-10,14H2,1H3,(H,29,30). The minimum Gasteiger partial charge on any atom is -0.490 e. The number of nitrogens with zero attached hydrogens (tertiary/aromatic N) is 2. The SMILES string of the molecule is COCCOc1cc2c(cc1-c1ccccc1F)NC(=O)CC(c1cccc(C#N)c1)=N2. The van der Waals surface area contributed by atoms with Crippen LogP contribution in [0, 0.1) is 17.1 Å². The second-order valence-electron chi connectivity index (χ2n) is 7.16. The highest BCUT2D eigenvalue weighted by atomic mass is 19.1. The highest BCUT2D eigenvalue weighted by molar-refractivity contribution is 6.17. The maximum Gasteiger partial charge on any atom is 0.230 e. The van der Waals surface area contributed by atoms with Gasteiger partial charge in [-0.3, -0.25) is 4.79 Å². The van der Waals surface area contributed by atoms with Crippen LogP contribution in [-0.2, 0) is 9.53 Å². The number of fused-ring (bicyclic) bond motifs is 1. The first kappa shape index (κ1) is 21.2. The van der Waals surface area contributed by atoms with Gasteiger partial charge in [0.25, 0.3) is 0 Å². The molecule has 4 rings (SSSR count). The van der Waals surface area contributed by atoms with E-state index in [1.165, 1.54) is 6.07 Å². The van der Waals surface area contributed by atoms with Crippen LogP contribution < -0.4 is 10.1 Å². The van der Waals surface area contributed by atoms with Crippen molar-refractivity contribution >= 4 is 23.0 Å². The third-order valence-electron chi connectivity index (χ3n) is 4.99. The second-order valence-corrected chi connectivity index (χ2v) is 7.16. The minimum atomic E-state index is -0.401. The quantitative estimate of drug-likeness (QED) is 0.568. The Morgan fingerprint density at radius 3 is 2.72 bits per heavy atom. The molecule has 0 radical (unpaired) electrons. The molecular formula is C25H20FN3O3.